The van der Waals surface area contributed by atoms with Crippen LogP contribution in [0, 0.1) is 0 Å². The van der Waals surface area contributed by atoms with Crippen LogP contribution >= 0.6 is 0 Å². The topological polar surface area (TPSA) is 114 Å². The third-order valence-corrected chi connectivity index (χ3v) is 0.889. The number of hydrogen-bond donors (Lipinski definition) is 3. The first kappa shape index (κ1) is 10.9. The number of pyridine rings is 1. The molecular formula is C7H8N2O4. The second-order valence-electron chi connectivity index (χ2n) is 1.89. The van der Waals surface area contributed by atoms with Crippen molar-refractivity contribution in [3.05, 3.63) is 24.5 Å². The number of carboxylic acids is 2. The molecule has 6 heteroatoms. The van der Waals surface area contributed by atoms with Crippen molar-refractivity contribution in [1.29, 1.82) is 0 Å². The molecule has 0 fully saturated rings. The van der Waals surface area contributed by atoms with Crippen molar-refractivity contribution in [1.82, 2.24) is 4.98 Å². The summed E-state index contributed by atoms with van der Waals surface area (Å²) in [6.07, 6.45) is 3.32. The Morgan fingerprint density at radius 3 is 1.69 bits per heavy atom. The quantitative estimate of drug-likeness (QED) is 0.482. The van der Waals surface area contributed by atoms with Gasteiger partial charge in [0.15, 0.2) is 0 Å². The molecule has 70 valence electrons. The number of aliphatic carboxylic acids is 2. The fourth-order valence-corrected chi connectivity index (χ4v) is 0.363. The second-order valence-corrected chi connectivity index (χ2v) is 1.89. The normalized spacial score (nSPS) is 8.00. The van der Waals surface area contributed by atoms with Gasteiger partial charge in [-0.1, -0.05) is 0 Å². The Kier molecular flexibility index (Phi) is 4.63. The number of hydrogen-bond acceptors (Lipinski definition) is 4. The molecule has 1 rings (SSSR count). The first-order valence-electron chi connectivity index (χ1n) is 3.15. The molecule has 0 aliphatic rings. The Morgan fingerprint density at radius 1 is 1.15 bits per heavy atom. The molecule has 0 saturated carbocycles. The fraction of sp³-hybridized carbons (Fsp3) is 0. The standard InChI is InChI=1S/C5H6N2.C2H2O4/c6-5-1-3-7-4-2-5;3-1(4)2(5)6/h1-4H,(H2,6,7);(H,3,4)(H,5,6). The Bertz CT molecular complexity index is 274. The van der Waals surface area contributed by atoms with Crippen molar-refractivity contribution in [2.45, 2.75) is 0 Å². The molecule has 0 atom stereocenters. The van der Waals surface area contributed by atoms with Crippen LogP contribution in [0.25, 0.3) is 0 Å². The summed E-state index contributed by atoms with van der Waals surface area (Å²) in [5.74, 6) is -3.65. The lowest BCUT2D eigenvalue weighted by atomic mass is 10.4. The van der Waals surface area contributed by atoms with E-state index in [1.54, 1.807) is 24.5 Å². The van der Waals surface area contributed by atoms with E-state index < -0.39 is 11.9 Å². The molecule has 0 saturated heterocycles. The van der Waals surface area contributed by atoms with Gasteiger partial charge in [0.05, 0.1) is 0 Å². The number of aromatic nitrogens is 1. The Labute approximate surface area is 73.6 Å². The smallest absolute Gasteiger partial charge is 0.414 e. The van der Waals surface area contributed by atoms with E-state index in [0.717, 1.165) is 5.69 Å². The largest absolute Gasteiger partial charge is 0.473 e. The third kappa shape index (κ3) is 6.29. The maximum absolute atomic E-state index is 9.10. The number of rotatable bonds is 0. The van der Waals surface area contributed by atoms with Crippen LogP contribution in [0.15, 0.2) is 24.5 Å². The van der Waals surface area contributed by atoms with Gasteiger partial charge in [-0.2, -0.15) is 0 Å². The first-order chi connectivity index (χ1) is 6.04. The average Bonchev–Trinajstić information content (AvgIpc) is 2.06. The van der Waals surface area contributed by atoms with Gasteiger partial charge in [-0.3, -0.25) is 4.98 Å². The predicted octanol–water partition coefficient (Wildman–Crippen LogP) is -0.181. The van der Waals surface area contributed by atoms with E-state index in [1.807, 2.05) is 0 Å². The third-order valence-electron chi connectivity index (χ3n) is 0.889. The molecule has 0 amide bonds. The minimum atomic E-state index is -1.82. The van der Waals surface area contributed by atoms with E-state index in [9.17, 15) is 0 Å². The van der Waals surface area contributed by atoms with Crippen LogP contribution < -0.4 is 5.73 Å². The Morgan fingerprint density at radius 2 is 1.54 bits per heavy atom. The summed E-state index contributed by atoms with van der Waals surface area (Å²) >= 11 is 0. The van der Waals surface area contributed by atoms with Crippen molar-refractivity contribution < 1.29 is 19.8 Å². The van der Waals surface area contributed by atoms with Crippen molar-refractivity contribution in [2.24, 2.45) is 0 Å². The van der Waals surface area contributed by atoms with Crippen LogP contribution in [0.5, 0.6) is 0 Å². The maximum Gasteiger partial charge on any atom is 0.414 e. The van der Waals surface area contributed by atoms with Crippen LogP contribution in [0.3, 0.4) is 0 Å². The molecule has 4 N–H and O–H groups in total. The van der Waals surface area contributed by atoms with Gasteiger partial charge in [-0.15, -0.1) is 0 Å². The minimum absolute atomic E-state index is 0.759. The summed E-state index contributed by atoms with van der Waals surface area (Å²) in [6, 6.07) is 3.50. The maximum atomic E-state index is 9.10. The molecule has 13 heavy (non-hydrogen) atoms. The molecule has 0 aliphatic heterocycles. The number of carboxylic acid groups (broad SMARTS) is 2. The van der Waals surface area contributed by atoms with Crippen LogP contribution in [0.1, 0.15) is 0 Å². The predicted molar refractivity (Wildman–Crippen MR) is 43.9 cm³/mol. The second kappa shape index (κ2) is 5.53. The molecule has 0 aliphatic carbocycles. The number of nitrogens with zero attached hydrogens (tertiary/aromatic N) is 1. The van der Waals surface area contributed by atoms with Crippen molar-refractivity contribution in [3.63, 3.8) is 0 Å². The monoisotopic (exact) mass is 184 g/mol. The van der Waals surface area contributed by atoms with E-state index in [-0.39, 0.29) is 0 Å². The molecule has 0 unspecified atom stereocenters. The minimum Gasteiger partial charge on any atom is -0.473 e. The molecule has 1 heterocycles. The van der Waals surface area contributed by atoms with Crippen LogP contribution in [0.4, 0.5) is 5.69 Å². The van der Waals surface area contributed by atoms with Crippen LogP contribution in [0.2, 0.25) is 0 Å². The molecule has 0 spiro atoms. The van der Waals surface area contributed by atoms with Gasteiger partial charge in [0.1, 0.15) is 0 Å². The lowest BCUT2D eigenvalue weighted by Gasteiger charge is -1.83. The molecule has 0 radical (unpaired) electrons. The molecule has 6 nitrogen and oxygen atoms in total. The van der Waals surface area contributed by atoms with Gasteiger partial charge in [0, 0.05) is 18.1 Å². The Balaban J connectivity index is 0.000000226. The van der Waals surface area contributed by atoms with Gasteiger partial charge < -0.3 is 15.9 Å². The molecular weight excluding hydrogens is 176 g/mol. The van der Waals surface area contributed by atoms with Gasteiger partial charge in [0.25, 0.3) is 0 Å². The highest BCUT2D eigenvalue weighted by molar-refractivity contribution is 6.27. The summed E-state index contributed by atoms with van der Waals surface area (Å²) in [4.78, 5) is 22.0. The lowest BCUT2D eigenvalue weighted by Crippen LogP contribution is -2.09. The first-order valence-corrected chi connectivity index (χ1v) is 3.15. The summed E-state index contributed by atoms with van der Waals surface area (Å²) in [5, 5.41) is 14.8. The van der Waals surface area contributed by atoms with Gasteiger partial charge in [-0.05, 0) is 12.1 Å². The van der Waals surface area contributed by atoms with Gasteiger partial charge in [0.2, 0.25) is 0 Å². The highest BCUT2D eigenvalue weighted by Crippen LogP contribution is 1.92. The SMILES string of the molecule is Nc1ccncc1.O=C(O)C(=O)O. The zero-order valence-corrected chi connectivity index (χ0v) is 6.54. The van der Waals surface area contributed by atoms with Gasteiger partial charge in [-0.25, -0.2) is 9.59 Å². The van der Waals surface area contributed by atoms with Crippen LogP contribution in [-0.4, -0.2) is 27.1 Å². The van der Waals surface area contributed by atoms with Crippen LogP contribution in [-0.2, 0) is 9.59 Å². The number of nitrogens with two attached hydrogens (primary N) is 1. The molecule has 1 aromatic rings. The highest BCUT2D eigenvalue weighted by Gasteiger charge is 2.04. The number of nitrogen functional groups attached to an aromatic ring is 1. The summed E-state index contributed by atoms with van der Waals surface area (Å²) in [5.41, 5.74) is 6.08. The fourth-order valence-electron chi connectivity index (χ4n) is 0.363. The molecule has 0 aromatic carbocycles. The lowest BCUT2D eigenvalue weighted by molar-refractivity contribution is -0.159. The molecule has 1 aromatic heterocycles. The average molecular weight is 184 g/mol. The van der Waals surface area contributed by atoms with E-state index in [0.29, 0.717) is 0 Å². The summed E-state index contributed by atoms with van der Waals surface area (Å²) < 4.78 is 0. The van der Waals surface area contributed by atoms with E-state index >= 15 is 0 Å². The zero-order valence-electron chi connectivity index (χ0n) is 6.54. The Hall–Kier alpha value is -2.11. The van der Waals surface area contributed by atoms with Gasteiger partial charge >= 0.3 is 11.9 Å². The molecule has 0 bridgehead atoms. The summed E-state index contributed by atoms with van der Waals surface area (Å²) in [7, 11) is 0. The van der Waals surface area contributed by atoms with Crippen molar-refractivity contribution in [3.8, 4) is 0 Å². The van der Waals surface area contributed by atoms with Crippen molar-refractivity contribution >= 4 is 17.6 Å². The van der Waals surface area contributed by atoms with Crippen molar-refractivity contribution in [2.75, 3.05) is 5.73 Å². The van der Waals surface area contributed by atoms with E-state index in [4.69, 9.17) is 25.5 Å². The number of anilines is 1. The van der Waals surface area contributed by atoms with E-state index in [1.165, 1.54) is 0 Å². The highest BCUT2D eigenvalue weighted by atomic mass is 16.4. The zero-order chi connectivity index (χ0) is 10.3. The summed E-state index contributed by atoms with van der Waals surface area (Å²) in [6.45, 7) is 0. The van der Waals surface area contributed by atoms with E-state index in [2.05, 4.69) is 4.98 Å². The number of carbonyl (C=O) groups is 2.